The topological polar surface area (TPSA) is 12.9 Å². The Bertz CT molecular complexity index is 1940. The van der Waals surface area contributed by atoms with Crippen LogP contribution in [0.4, 0.5) is 0 Å². The molecule has 38 heavy (non-hydrogen) atoms. The summed E-state index contributed by atoms with van der Waals surface area (Å²) in [4.78, 5) is 4.93. The van der Waals surface area contributed by atoms with Crippen molar-refractivity contribution in [2.45, 2.75) is 0 Å². The zero-order chi connectivity index (χ0) is 25.5. The molecule has 6 aromatic carbocycles. The van der Waals surface area contributed by atoms with E-state index >= 15 is 0 Å². The molecular weight excluding hydrogens is 544 g/mol. The van der Waals surface area contributed by atoms with E-state index in [0.717, 1.165) is 11.0 Å². The van der Waals surface area contributed by atoms with Crippen molar-refractivity contribution < 1.29 is 0 Å². The Morgan fingerprint density at radius 2 is 0.974 bits per heavy atom. The predicted molar refractivity (Wildman–Crippen MR) is 167 cm³/mol. The van der Waals surface area contributed by atoms with Crippen molar-refractivity contribution in [1.29, 1.82) is 0 Å². The molecule has 0 amide bonds. The van der Waals surface area contributed by atoms with E-state index in [1.807, 2.05) is 0 Å². The molecule has 0 saturated carbocycles. The number of hydrogen-bond acceptors (Lipinski definition) is 1. The molecule has 0 aliphatic carbocycles. The molecule has 0 aliphatic heterocycles. The van der Waals surface area contributed by atoms with Gasteiger partial charge < -0.3 is 0 Å². The van der Waals surface area contributed by atoms with Gasteiger partial charge in [0.05, 0.1) is 0 Å². The third-order valence-electron chi connectivity index (χ3n) is 7.33. The van der Waals surface area contributed by atoms with Gasteiger partial charge in [0.2, 0.25) is 0 Å². The van der Waals surface area contributed by atoms with Gasteiger partial charge in [-0.1, -0.05) is 0 Å². The molecule has 0 saturated heterocycles. The molecule has 0 aliphatic rings. The van der Waals surface area contributed by atoms with Crippen LogP contribution in [0, 0.1) is 0 Å². The molecule has 7 rings (SSSR count). The van der Waals surface area contributed by atoms with Crippen molar-refractivity contribution in [2.24, 2.45) is 0 Å². The van der Waals surface area contributed by atoms with E-state index in [1.165, 1.54) is 48.6 Å². The van der Waals surface area contributed by atoms with Crippen LogP contribution in [0.15, 0.2) is 146 Å². The van der Waals surface area contributed by atoms with Crippen LogP contribution in [0.5, 0.6) is 0 Å². The summed E-state index contributed by atoms with van der Waals surface area (Å²) in [7, 11) is 0. The first kappa shape index (κ1) is 23.3. The third kappa shape index (κ3) is 3.77. The number of fused-ring (bicyclic) bond motifs is 3. The van der Waals surface area contributed by atoms with Crippen LogP contribution in [-0.2, 0) is 0 Å². The number of hydrogen-bond donors (Lipinski definition) is 0. The van der Waals surface area contributed by atoms with E-state index < -0.39 is 5.51 Å². The summed E-state index contributed by atoms with van der Waals surface area (Å²) in [5.41, 5.74) is 2.48. The second kappa shape index (κ2) is 9.50. The van der Waals surface area contributed by atoms with Crippen LogP contribution in [0.2, 0.25) is 0 Å². The van der Waals surface area contributed by atoms with Crippen molar-refractivity contribution in [3.8, 4) is 11.1 Å². The van der Waals surface area contributed by atoms with Crippen LogP contribution >= 0.6 is 5.51 Å². The van der Waals surface area contributed by atoms with Crippen molar-refractivity contribution in [3.63, 3.8) is 0 Å². The van der Waals surface area contributed by atoms with Gasteiger partial charge in [0.15, 0.2) is 0 Å². The minimum atomic E-state index is -2.02. The van der Waals surface area contributed by atoms with Crippen LogP contribution in [0.25, 0.3) is 43.7 Å². The number of rotatable bonds is 4. The Balaban J connectivity index is 1.47. The molecule has 1 atom stereocenters. The maximum atomic E-state index is 4.93. The van der Waals surface area contributed by atoms with E-state index in [0.29, 0.717) is 0 Å². The minimum absolute atomic E-state index is 1.02. The summed E-state index contributed by atoms with van der Waals surface area (Å²) in [6, 6.07) is 52.5. The van der Waals surface area contributed by atoms with Gasteiger partial charge in [0.1, 0.15) is 0 Å². The summed E-state index contributed by atoms with van der Waals surface area (Å²) in [5, 5.41) is 8.97. The van der Waals surface area contributed by atoms with E-state index in [9.17, 15) is 0 Å². The van der Waals surface area contributed by atoms with Crippen LogP contribution < -0.4 is 15.9 Å². The van der Waals surface area contributed by atoms with E-state index in [2.05, 4.69) is 161 Å². The van der Waals surface area contributed by atoms with Gasteiger partial charge >= 0.3 is 231 Å². The molecule has 0 radical (unpaired) electrons. The number of benzene rings is 6. The molecular formula is C35H24NPSe. The van der Waals surface area contributed by atoms with Gasteiger partial charge in [-0.05, 0) is 0 Å². The van der Waals surface area contributed by atoms with Crippen molar-refractivity contribution in [1.82, 2.24) is 4.98 Å². The first-order valence-electron chi connectivity index (χ1n) is 12.8. The number of pyridine rings is 1. The fourth-order valence-corrected chi connectivity index (χ4v) is 10.9. The number of aromatic nitrogens is 1. The Morgan fingerprint density at radius 1 is 0.447 bits per heavy atom. The molecule has 1 unspecified atom stereocenters. The molecule has 0 bridgehead atoms. The van der Waals surface area contributed by atoms with E-state index in [1.54, 1.807) is 0 Å². The maximum absolute atomic E-state index is 4.93. The summed E-state index contributed by atoms with van der Waals surface area (Å²) < 4.78 is 0. The van der Waals surface area contributed by atoms with Crippen LogP contribution in [-0.4, -0.2) is 20.1 Å². The third-order valence-corrected chi connectivity index (χ3v) is 14.3. The van der Waals surface area contributed by atoms with E-state index in [4.69, 9.17) is 4.98 Å². The average molecular weight is 569 g/mol. The van der Waals surface area contributed by atoms with Gasteiger partial charge in [-0.25, -0.2) is 0 Å². The molecule has 3 heteroatoms. The Labute approximate surface area is 230 Å². The fraction of sp³-hybridized carbons (Fsp3) is 0. The van der Waals surface area contributed by atoms with Gasteiger partial charge in [-0.15, -0.1) is 0 Å². The number of para-hydroxylation sites is 2. The molecule has 7 aromatic rings. The predicted octanol–water partition coefficient (Wildman–Crippen LogP) is 7.59. The van der Waals surface area contributed by atoms with Gasteiger partial charge in [-0.2, -0.15) is 0 Å². The fourth-order valence-electron chi connectivity index (χ4n) is 5.54. The standard InChI is InChI=1S/C35H24NPSe/c38-37(27-13-2-1-3-14-27,34-20-10-12-25-11-4-5-15-29(25)34)28-23-21-26(22-24-28)35-30-16-6-8-18-32(30)36-33-19-9-7-17-31(33)35/h1-24H. The van der Waals surface area contributed by atoms with Gasteiger partial charge in [-0.3, -0.25) is 0 Å². The zero-order valence-electron chi connectivity index (χ0n) is 20.7. The van der Waals surface area contributed by atoms with Gasteiger partial charge in [0.25, 0.3) is 0 Å². The Morgan fingerprint density at radius 3 is 1.66 bits per heavy atom. The summed E-state index contributed by atoms with van der Waals surface area (Å²) >= 11 is 3.75. The Hall–Kier alpha value is -3.80. The first-order valence-corrected chi connectivity index (χ1v) is 16.8. The monoisotopic (exact) mass is 569 g/mol. The first-order chi connectivity index (χ1) is 18.7. The molecule has 1 heterocycles. The van der Waals surface area contributed by atoms with E-state index in [-0.39, 0.29) is 0 Å². The average Bonchev–Trinajstić information content (AvgIpc) is 3.00. The normalized spacial score (nSPS) is 13.1. The number of nitrogens with zero attached hydrogens (tertiary/aromatic N) is 1. The zero-order valence-corrected chi connectivity index (χ0v) is 23.3. The summed E-state index contributed by atoms with van der Waals surface area (Å²) in [5.74, 6) is 0. The van der Waals surface area contributed by atoms with Crippen LogP contribution in [0.3, 0.4) is 0 Å². The molecule has 0 fully saturated rings. The molecule has 0 spiro atoms. The second-order valence-electron chi connectivity index (χ2n) is 9.51. The van der Waals surface area contributed by atoms with Crippen molar-refractivity contribution >= 4 is 69.1 Å². The molecule has 1 aromatic heterocycles. The SMILES string of the molecule is [Se]=P(c1ccccc1)(c1ccc(-c2c3ccccc3nc3ccccc23)cc1)c1cccc2ccccc12. The van der Waals surface area contributed by atoms with Crippen molar-refractivity contribution in [3.05, 3.63) is 146 Å². The molecule has 1 nitrogen and oxygen atoms in total. The summed E-state index contributed by atoms with van der Waals surface area (Å²) in [6.45, 7) is 0. The van der Waals surface area contributed by atoms with Crippen molar-refractivity contribution in [2.75, 3.05) is 0 Å². The molecule has 0 N–H and O–H groups in total. The quantitative estimate of drug-likeness (QED) is 0.121. The molecule has 180 valence electrons. The second-order valence-corrected chi connectivity index (χ2v) is 15.7. The summed E-state index contributed by atoms with van der Waals surface area (Å²) in [6.07, 6.45) is 0. The Kier molecular flexibility index (Phi) is 5.83. The van der Waals surface area contributed by atoms with Crippen LogP contribution in [0.1, 0.15) is 0 Å². The van der Waals surface area contributed by atoms with Gasteiger partial charge in [0, 0.05) is 0 Å².